The molecule has 0 bridgehead atoms. The highest BCUT2D eigenvalue weighted by molar-refractivity contribution is 7.47. The summed E-state index contributed by atoms with van der Waals surface area (Å²) in [5.74, 6) is -0.328. The predicted molar refractivity (Wildman–Crippen MR) is 238 cm³/mol. The molecule has 0 aromatic heterocycles. The van der Waals surface area contributed by atoms with Gasteiger partial charge in [0.05, 0.1) is 19.8 Å². The van der Waals surface area contributed by atoms with Crippen LogP contribution in [0.4, 0.5) is 0 Å². The Labute approximate surface area is 346 Å². The van der Waals surface area contributed by atoms with Gasteiger partial charge in [-0.1, -0.05) is 205 Å². The summed E-state index contributed by atoms with van der Waals surface area (Å²) < 4.78 is 33.5. The molecule has 56 heavy (non-hydrogen) atoms. The zero-order chi connectivity index (χ0) is 40.9. The highest BCUT2D eigenvalue weighted by Gasteiger charge is 2.25. The van der Waals surface area contributed by atoms with Crippen LogP contribution >= 0.6 is 7.82 Å². The summed E-state index contributed by atoms with van der Waals surface area (Å²) in [6.07, 6.45) is 50.5. The standard InChI is InChI=1S/C47H92NO7P/c1-3-5-7-9-11-13-15-17-19-21-23-24-26-28-30-32-34-36-38-40-47(49)55-46(45-54-56(50,51)53-43-41-48)44-52-42-39-37-35-33-31-29-27-25-22-20-18-16-14-12-10-8-6-4-2/h12,14,18,20,46H,3-11,13,15-17,19,21-45,48H2,1-2H3,(H,50,51)/b14-12-,20-18-. The number of carbonyl (C=O) groups excluding carboxylic acids is 1. The molecule has 0 fully saturated rings. The summed E-state index contributed by atoms with van der Waals surface area (Å²) in [5, 5.41) is 0. The summed E-state index contributed by atoms with van der Waals surface area (Å²) in [7, 11) is -4.28. The lowest BCUT2D eigenvalue weighted by molar-refractivity contribution is -0.154. The molecule has 0 aliphatic rings. The van der Waals surface area contributed by atoms with Gasteiger partial charge in [0.25, 0.3) is 0 Å². The molecule has 0 spiro atoms. The van der Waals surface area contributed by atoms with Crippen molar-refractivity contribution in [2.45, 2.75) is 238 Å². The van der Waals surface area contributed by atoms with E-state index in [1.54, 1.807) is 0 Å². The third kappa shape index (κ3) is 44.1. The number of phosphoric ester groups is 1. The van der Waals surface area contributed by atoms with Gasteiger partial charge in [0.2, 0.25) is 0 Å². The number of hydrogen-bond donors (Lipinski definition) is 2. The van der Waals surface area contributed by atoms with Crippen LogP contribution in [0.2, 0.25) is 0 Å². The van der Waals surface area contributed by atoms with Gasteiger partial charge in [-0.05, 0) is 44.9 Å². The second-order valence-corrected chi connectivity index (χ2v) is 17.4. The first kappa shape index (κ1) is 55.0. The molecule has 0 amide bonds. The summed E-state index contributed by atoms with van der Waals surface area (Å²) in [4.78, 5) is 22.5. The Kier molecular flexibility index (Phi) is 44.3. The van der Waals surface area contributed by atoms with Crippen molar-refractivity contribution in [2.24, 2.45) is 5.73 Å². The van der Waals surface area contributed by atoms with E-state index in [1.165, 1.54) is 173 Å². The van der Waals surface area contributed by atoms with Gasteiger partial charge in [0.1, 0.15) is 6.10 Å². The van der Waals surface area contributed by atoms with E-state index < -0.39 is 13.9 Å². The Bertz CT molecular complexity index is 915. The average Bonchev–Trinajstić information content (AvgIpc) is 3.19. The molecule has 8 nitrogen and oxygen atoms in total. The van der Waals surface area contributed by atoms with E-state index in [2.05, 4.69) is 38.2 Å². The van der Waals surface area contributed by atoms with E-state index in [4.69, 9.17) is 24.3 Å². The molecule has 332 valence electrons. The fourth-order valence-electron chi connectivity index (χ4n) is 6.85. The summed E-state index contributed by atoms with van der Waals surface area (Å²) in [6, 6.07) is 0. The first-order valence-corrected chi connectivity index (χ1v) is 25.3. The van der Waals surface area contributed by atoms with Crippen molar-refractivity contribution in [1.29, 1.82) is 0 Å². The number of carbonyl (C=O) groups is 1. The van der Waals surface area contributed by atoms with Gasteiger partial charge in [0.15, 0.2) is 0 Å². The third-order valence-corrected chi connectivity index (χ3v) is 11.4. The van der Waals surface area contributed by atoms with Crippen LogP contribution in [0.5, 0.6) is 0 Å². The molecule has 0 aromatic rings. The van der Waals surface area contributed by atoms with Crippen LogP contribution in [0.25, 0.3) is 0 Å². The molecule has 0 aliphatic carbocycles. The molecule has 0 rings (SSSR count). The third-order valence-electron chi connectivity index (χ3n) is 10.4. The maximum Gasteiger partial charge on any atom is 0.472 e. The van der Waals surface area contributed by atoms with Crippen LogP contribution < -0.4 is 5.73 Å². The molecule has 0 aliphatic heterocycles. The van der Waals surface area contributed by atoms with Gasteiger partial charge in [-0.25, -0.2) is 4.57 Å². The first-order valence-electron chi connectivity index (χ1n) is 23.8. The van der Waals surface area contributed by atoms with E-state index in [9.17, 15) is 14.3 Å². The van der Waals surface area contributed by atoms with Gasteiger partial charge in [-0.3, -0.25) is 13.8 Å². The van der Waals surface area contributed by atoms with Crippen molar-refractivity contribution in [2.75, 3.05) is 33.0 Å². The molecule has 0 saturated carbocycles. The minimum Gasteiger partial charge on any atom is -0.457 e. The Morgan fingerprint density at radius 3 is 1.43 bits per heavy atom. The van der Waals surface area contributed by atoms with Crippen molar-refractivity contribution in [3.05, 3.63) is 24.3 Å². The second-order valence-electron chi connectivity index (χ2n) is 16.0. The van der Waals surface area contributed by atoms with Crippen molar-refractivity contribution in [3.63, 3.8) is 0 Å². The topological polar surface area (TPSA) is 117 Å². The maximum atomic E-state index is 12.6. The fourth-order valence-corrected chi connectivity index (χ4v) is 7.62. The Morgan fingerprint density at radius 1 is 0.536 bits per heavy atom. The van der Waals surface area contributed by atoms with Crippen LogP contribution in [0.3, 0.4) is 0 Å². The zero-order valence-electron chi connectivity index (χ0n) is 36.9. The number of ether oxygens (including phenoxy) is 2. The van der Waals surface area contributed by atoms with E-state index in [0.717, 1.165) is 38.5 Å². The lowest BCUT2D eigenvalue weighted by atomic mass is 10.0. The van der Waals surface area contributed by atoms with Crippen LogP contribution in [0, 0.1) is 0 Å². The second kappa shape index (κ2) is 45.1. The SMILES string of the molecule is CCCCC/C=C\C/C=C\CCCCCCCCCCOCC(COP(=O)(O)OCCN)OC(=O)CCCCCCCCCCCCCCCCCCCCC. The van der Waals surface area contributed by atoms with Gasteiger partial charge in [-0.2, -0.15) is 0 Å². The predicted octanol–water partition coefficient (Wildman–Crippen LogP) is 14.4. The lowest BCUT2D eigenvalue weighted by Crippen LogP contribution is -2.28. The Balaban J connectivity index is 3.96. The van der Waals surface area contributed by atoms with Gasteiger partial charge in [-0.15, -0.1) is 0 Å². The van der Waals surface area contributed by atoms with Gasteiger partial charge in [0, 0.05) is 19.6 Å². The van der Waals surface area contributed by atoms with Crippen molar-refractivity contribution in [3.8, 4) is 0 Å². The highest BCUT2D eigenvalue weighted by atomic mass is 31.2. The van der Waals surface area contributed by atoms with Gasteiger partial charge < -0.3 is 20.1 Å². The maximum absolute atomic E-state index is 12.6. The van der Waals surface area contributed by atoms with E-state index in [1.807, 2.05) is 0 Å². The molecular weight excluding hydrogens is 721 g/mol. The normalized spacial score (nSPS) is 13.6. The molecule has 3 N–H and O–H groups in total. The van der Waals surface area contributed by atoms with E-state index in [-0.39, 0.29) is 32.3 Å². The molecule has 9 heteroatoms. The largest absolute Gasteiger partial charge is 0.472 e. The fraction of sp³-hybridized carbons (Fsp3) is 0.894. The number of unbranched alkanes of at least 4 members (excludes halogenated alkanes) is 29. The van der Waals surface area contributed by atoms with E-state index in [0.29, 0.717) is 13.0 Å². The van der Waals surface area contributed by atoms with Crippen LogP contribution in [-0.4, -0.2) is 49.9 Å². The van der Waals surface area contributed by atoms with Gasteiger partial charge >= 0.3 is 13.8 Å². The molecule has 0 saturated heterocycles. The molecule has 0 heterocycles. The van der Waals surface area contributed by atoms with Crippen molar-refractivity contribution < 1.29 is 32.8 Å². The van der Waals surface area contributed by atoms with Crippen LogP contribution in [-0.2, 0) is 27.9 Å². The summed E-state index contributed by atoms with van der Waals surface area (Å²) >= 11 is 0. The quantitative estimate of drug-likeness (QED) is 0.0270. The number of hydrogen-bond acceptors (Lipinski definition) is 7. The first-order chi connectivity index (χ1) is 27.4. The number of nitrogens with two attached hydrogens (primary N) is 1. The van der Waals surface area contributed by atoms with Crippen LogP contribution in [0.1, 0.15) is 232 Å². The average molecular weight is 814 g/mol. The summed E-state index contributed by atoms with van der Waals surface area (Å²) in [5.41, 5.74) is 5.38. The number of rotatable bonds is 46. The Hall–Kier alpha value is -1.02. The molecule has 2 atom stereocenters. The van der Waals surface area contributed by atoms with Crippen LogP contribution in [0.15, 0.2) is 24.3 Å². The number of allylic oxidation sites excluding steroid dienone is 4. The number of esters is 1. The molecule has 0 aromatic carbocycles. The highest BCUT2D eigenvalue weighted by Crippen LogP contribution is 2.43. The van der Waals surface area contributed by atoms with Crippen molar-refractivity contribution >= 4 is 13.8 Å². The zero-order valence-corrected chi connectivity index (χ0v) is 37.8. The Morgan fingerprint density at radius 2 is 0.946 bits per heavy atom. The minimum absolute atomic E-state index is 0.0944. The molecule has 2 unspecified atom stereocenters. The number of phosphoric acid groups is 1. The minimum atomic E-state index is -4.28. The monoisotopic (exact) mass is 814 g/mol. The smallest absolute Gasteiger partial charge is 0.457 e. The summed E-state index contributed by atoms with van der Waals surface area (Å²) in [6.45, 7) is 4.93. The van der Waals surface area contributed by atoms with E-state index >= 15 is 0 Å². The molecule has 0 radical (unpaired) electrons. The lowest BCUT2D eigenvalue weighted by Gasteiger charge is -2.20. The van der Waals surface area contributed by atoms with Crippen molar-refractivity contribution in [1.82, 2.24) is 0 Å². The molecular formula is C47H92NO7P.